The number of hydrazine groups is 1. The van der Waals surface area contributed by atoms with Gasteiger partial charge in [0, 0.05) is 27.6 Å². The Morgan fingerprint density at radius 1 is 0.733 bits per heavy atom. The Morgan fingerprint density at radius 3 is 1.87 bits per heavy atom. The topological polar surface area (TPSA) is 15.3 Å². The second-order valence-electron chi connectivity index (χ2n) is 6.99. The van der Waals surface area contributed by atoms with Crippen LogP contribution in [-0.2, 0) is 0 Å². The molecule has 1 aliphatic heterocycles. The fourth-order valence-corrected chi connectivity index (χ4v) is 3.79. The standard InChI is InChI=1S/C24H18ClF3N2/c1-14-22(16-6-10-18(25)11-7-16)23(17-8-12-19(26)13-9-17)15(2)30(29-14)24-20(27)4-3-5-21(24)28/h3-13,29H,1-2H3. The van der Waals surface area contributed by atoms with E-state index in [0.717, 1.165) is 22.3 Å². The molecule has 0 aliphatic carbocycles. The van der Waals surface area contributed by atoms with Crippen molar-refractivity contribution in [3.8, 4) is 0 Å². The molecule has 152 valence electrons. The van der Waals surface area contributed by atoms with E-state index < -0.39 is 11.6 Å². The third kappa shape index (κ3) is 3.57. The molecule has 0 spiro atoms. The van der Waals surface area contributed by atoms with Gasteiger partial charge in [-0.05, 0) is 61.4 Å². The van der Waals surface area contributed by atoms with Gasteiger partial charge in [-0.1, -0.05) is 41.9 Å². The zero-order valence-corrected chi connectivity index (χ0v) is 17.1. The summed E-state index contributed by atoms with van der Waals surface area (Å²) in [5, 5.41) is 1.98. The average molecular weight is 427 g/mol. The van der Waals surface area contributed by atoms with E-state index in [1.165, 1.54) is 35.3 Å². The number of hydrogen-bond acceptors (Lipinski definition) is 2. The van der Waals surface area contributed by atoms with Crippen molar-refractivity contribution in [2.75, 3.05) is 5.01 Å². The number of nitrogens with zero attached hydrogens (tertiary/aromatic N) is 1. The van der Waals surface area contributed by atoms with Crippen molar-refractivity contribution >= 4 is 28.4 Å². The van der Waals surface area contributed by atoms with Crippen LogP contribution in [0.15, 0.2) is 78.1 Å². The van der Waals surface area contributed by atoms with Gasteiger partial charge in [-0.15, -0.1) is 0 Å². The van der Waals surface area contributed by atoms with Gasteiger partial charge in [0.1, 0.15) is 11.5 Å². The normalized spacial score (nSPS) is 14.3. The number of halogens is 4. The van der Waals surface area contributed by atoms with E-state index in [4.69, 9.17) is 11.6 Å². The summed E-state index contributed by atoms with van der Waals surface area (Å²) in [7, 11) is 0. The summed E-state index contributed by atoms with van der Waals surface area (Å²) in [4.78, 5) is 0. The fraction of sp³-hybridized carbons (Fsp3) is 0.0833. The first-order valence-electron chi connectivity index (χ1n) is 9.31. The first-order valence-corrected chi connectivity index (χ1v) is 9.69. The van der Waals surface area contributed by atoms with Gasteiger partial charge in [-0.2, -0.15) is 0 Å². The van der Waals surface area contributed by atoms with Gasteiger partial charge < -0.3 is 0 Å². The van der Waals surface area contributed by atoms with Crippen LogP contribution in [0, 0.1) is 17.5 Å². The smallest absolute Gasteiger partial charge is 0.151 e. The van der Waals surface area contributed by atoms with Crippen LogP contribution in [0.1, 0.15) is 25.0 Å². The molecular formula is C24H18ClF3N2. The van der Waals surface area contributed by atoms with Gasteiger partial charge in [0.05, 0.1) is 0 Å². The van der Waals surface area contributed by atoms with Crippen molar-refractivity contribution in [2.45, 2.75) is 13.8 Å². The molecule has 0 unspecified atom stereocenters. The van der Waals surface area contributed by atoms with Gasteiger partial charge in [0.2, 0.25) is 0 Å². The van der Waals surface area contributed by atoms with Gasteiger partial charge >= 0.3 is 0 Å². The molecule has 1 N–H and O–H groups in total. The number of nitrogens with one attached hydrogen (secondary N) is 1. The van der Waals surface area contributed by atoms with E-state index in [9.17, 15) is 13.2 Å². The summed E-state index contributed by atoms with van der Waals surface area (Å²) in [6.07, 6.45) is 0. The zero-order chi connectivity index (χ0) is 21.4. The molecule has 0 radical (unpaired) electrons. The van der Waals surface area contributed by atoms with Crippen LogP contribution >= 0.6 is 11.6 Å². The van der Waals surface area contributed by atoms with E-state index in [-0.39, 0.29) is 11.5 Å². The van der Waals surface area contributed by atoms with Gasteiger partial charge in [0.15, 0.2) is 11.6 Å². The quantitative estimate of drug-likeness (QED) is 0.487. The second-order valence-corrected chi connectivity index (χ2v) is 7.43. The van der Waals surface area contributed by atoms with Crippen molar-refractivity contribution < 1.29 is 13.2 Å². The maximum Gasteiger partial charge on any atom is 0.151 e. The fourth-order valence-electron chi connectivity index (χ4n) is 3.66. The summed E-state index contributed by atoms with van der Waals surface area (Å²) >= 11 is 6.05. The molecule has 6 heteroatoms. The first kappa shape index (κ1) is 20.1. The predicted molar refractivity (Wildman–Crippen MR) is 115 cm³/mol. The molecule has 0 aromatic heterocycles. The maximum absolute atomic E-state index is 14.6. The summed E-state index contributed by atoms with van der Waals surface area (Å²) < 4.78 is 42.7. The van der Waals surface area contributed by atoms with Crippen LogP contribution in [0.5, 0.6) is 0 Å². The Bertz CT molecular complexity index is 1150. The molecule has 3 aromatic carbocycles. The minimum atomic E-state index is -0.692. The van der Waals surface area contributed by atoms with Crippen LogP contribution in [0.3, 0.4) is 0 Å². The van der Waals surface area contributed by atoms with Crippen LogP contribution in [0.4, 0.5) is 18.9 Å². The summed E-state index contributed by atoms with van der Waals surface area (Å²) in [6, 6.07) is 17.1. The van der Waals surface area contributed by atoms with E-state index >= 15 is 0 Å². The molecule has 30 heavy (non-hydrogen) atoms. The first-order chi connectivity index (χ1) is 14.4. The number of anilines is 1. The highest BCUT2D eigenvalue weighted by molar-refractivity contribution is 6.30. The number of allylic oxidation sites excluding steroid dienone is 4. The molecule has 0 fully saturated rings. The van der Waals surface area contributed by atoms with Crippen molar-refractivity contribution in [1.82, 2.24) is 5.43 Å². The number of hydrogen-bond donors (Lipinski definition) is 1. The van der Waals surface area contributed by atoms with E-state index in [1.807, 2.05) is 19.1 Å². The third-order valence-electron chi connectivity index (χ3n) is 5.03. The van der Waals surface area contributed by atoms with E-state index in [2.05, 4.69) is 5.43 Å². The number of rotatable bonds is 3. The Labute approximate surface area is 177 Å². The van der Waals surface area contributed by atoms with E-state index in [0.29, 0.717) is 16.4 Å². The molecule has 3 aromatic rings. The Balaban J connectivity index is 1.96. The number of para-hydroxylation sites is 1. The van der Waals surface area contributed by atoms with E-state index in [1.54, 1.807) is 31.2 Å². The third-order valence-corrected chi connectivity index (χ3v) is 5.28. The predicted octanol–water partition coefficient (Wildman–Crippen LogP) is 6.94. The number of benzene rings is 3. The van der Waals surface area contributed by atoms with Crippen molar-refractivity contribution in [2.24, 2.45) is 0 Å². The SMILES string of the molecule is CC1=C(c2ccc(Cl)cc2)C(c2ccc(F)cc2)=C(C)N(c2c(F)cccc2F)N1. The highest BCUT2D eigenvalue weighted by Gasteiger charge is 2.28. The van der Waals surface area contributed by atoms with Gasteiger partial charge in [0.25, 0.3) is 0 Å². The molecule has 1 heterocycles. The largest absolute Gasteiger partial charge is 0.298 e. The van der Waals surface area contributed by atoms with Crippen molar-refractivity contribution in [1.29, 1.82) is 0 Å². The molecule has 2 nitrogen and oxygen atoms in total. The lowest BCUT2D eigenvalue weighted by Crippen LogP contribution is -2.40. The molecule has 0 amide bonds. The summed E-state index contributed by atoms with van der Waals surface area (Å²) in [5.74, 6) is -1.75. The van der Waals surface area contributed by atoms with Crippen LogP contribution in [0.25, 0.3) is 11.1 Å². The highest BCUT2D eigenvalue weighted by atomic mass is 35.5. The monoisotopic (exact) mass is 426 g/mol. The lowest BCUT2D eigenvalue weighted by molar-refractivity contribution is 0.569. The lowest BCUT2D eigenvalue weighted by atomic mass is 9.88. The average Bonchev–Trinajstić information content (AvgIpc) is 2.71. The summed E-state index contributed by atoms with van der Waals surface area (Å²) in [5.41, 5.74) is 7.32. The highest BCUT2D eigenvalue weighted by Crippen LogP contribution is 2.41. The van der Waals surface area contributed by atoms with Gasteiger partial charge in [-0.25, -0.2) is 13.2 Å². The zero-order valence-electron chi connectivity index (χ0n) is 16.3. The Hall–Kier alpha value is -3.18. The molecular weight excluding hydrogens is 409 g/mol. The molecule has 0 atom stereocenters. The summed E-state index contributed by atoms with van der Waals surface area (Å²) in [6.45, 7) is 3.59. The minimum absolute atomic E-state index is 0.205. The maximum atomic E-state index is 14.6. The van der Waals surface area contributed by atoms with Crippen molar-refractivity contribution in [3.05, 3.63) is 112 Å². The minimum Gasteiger partial charge on any atom is -0.298 e. The lowest BCUT2D eigenvalue weighted by Gasteiger charge is -2.36. The molecule has 0 saturated carbocycles. The van der Waals surface area contributed by atoms with Crippen molar-refractivity contribution in [3.63, 3.8) is 0 Å². The Kier molecular flexibility index (Phi) is 5.31. The Morgan fingerprint density at radius 2 is 1.27 bits per heavy atom. The van der Waals surface area contributed by atoms with Gasteiger partial charge in [-0.3, -0.25) is 10.4 Å². The molecule has 0 saturated heterocycles. The molecule has 0 bridgehead atoms. The van der Waals surface area contributed by atoms with Crippen LogP contribution < -0.4 is 10.4 Å². The molecule has 1 aliphatic rings. The molecule has 4 rings (SSSR count). The van der Waals surface area contributed by atoms with Crippen LogP contribution in [0.2, 0.25) is 5.02 Å². The van der Waals surface area contributed by atoms with Crippen LogP contribution in [-0.4, -0.2) is 0 Å². The second kappa shape index (κ2) is 7.92.